The summed E-state index contributed by atoms with van der Waals surface area (Å²) in [6.07, 6.45) is -1.27. The van der Waals surface area contributed by atoms with Crippen LogP contribution in [0.25, 0.3) is 0 Å². The van der Waals surface area contributed by atoms with Crippen LogP contribution in [0.4, 0.5) is 0 Å². The summed E-state index contributed by atoms with van der Waals surface area (Å²) >= 11 is 0. The molecule has 0 fully saturated rings. The maximum atomic E-state index is 10.3. The fourth-order valence-electron chi connectivity index (χ4n) is 0.928. The summed E-state index contributed by atoms with van der Waals surface area (Å²) in [5.41, 5.74) is -2.74. The van der Waals surface area contributed by atoms with E-state index in [0.717, 1.165) is 6.42 Å². The van der Waals surface area contributed by atoms with Crippen molar-refractivity contribution < 1.29 is 55.7 Å². The molecular weight excluding hydrogens is 365 g/mol. The van der Waals surface area contributed by atoms with Crippen molar-refractivity contribution in [3.63, 3.8) is 0 Å². The predicted molar refractivity (Wildman–Crippen MR) is 88.3 cm³/mol. The van der Waals surface area contributed by atoms with Crippen molar-refractivity contribution in [1.82, 2.24) is 0 Å². The topological polar surface area (TPSA) is 232 Å². The van der Waals surface area contributed by atoms with Crippen LogP contribution in [0.5, 0.6) is 0 Å². The molecule has 11 nitrogen and oxygen atoms in total. The Balaban J connectivity index is -0.0000000465. The molecule has 14 heteroatoms. The molecule has 0 amide bonds. The molecule has 0 aromatic rings. The van der Waals surface area contributed by atoms with Crippen LogP contribution in [0.15, 0.2) is 0 Å². The molecule has 0 heterocycles. The van der Waals surface area contributed by atoms with Gasteiger partial charge in [0.1, 0.15) is 0 Å². The van der Waals surface area contributed by atoms with Gasteiger partial charge in [-0.2, -0.15) is 0 Å². The molecule has 0 aliphatic rings. The minimum absolute atomic E-state index is 0. The first-order valence-corrected chi connectivity index (χ1v) is 5.16. The van der Waals surface area contributed by atoms with Crippen LogP contribution in [0, 0.1) is 0 Å². The monoisotopic (exact) mass is 388 g/mol. The first-order valence-electron chi connectivity index (χ1n) is 5.16. The fraction of sp³-hybridized carbons (Fsp3) is 0.600. The van der Waals surface area contributed by atoms with E-state index in [1.807, 2.05) is 6.92 Å². The van der Waals surface area contributed by atoms with Crippen LogP contribution in [-0.2, 0) is 19.2 Å². The second kappa shape index (κ2) is 23.8. The second-order valence-electron chi connectivity index (χ2n) is 3.62. The summed E-state index contributed by atoms with van der Waals surface area (Å²) in [5.74, 6) is -5.73. The third-order valence-electron chi connectivity index (χ3n) is 1.75. The summed E-state index contributed by atoms with van der Waals surface area (Å²) in [6, 6.07) is 0. The Labute approximate surface area is 204 Å². The van der Waals surface area contributed by atoms with Crippen LogP contribution >= 0.6 is 0 Å². The van der Waals surface area contributed by atoms with Gasteiger partial charge in [-0.3, -0.25) is 14.4 Å². The molecule has 0 aromatic carbocycles. The molecule has 9 N–H and O–H groups in total. The molecule has 132 valence electrons. The van der Waals surface area contributed by atoms with E-state index in [4.69, 9.17) is 25.5 Å². The van der Waals surface area contributed by atoms with Gasteiger partial charge >= 0.3 is 113 Å². The van der Waals surface area contributed by atoms with Crippen LogP contribution in [0.1, 0.15) is 32.6 Å². The summed E-state index contributed by atoms with van der Waals surface area (Å²) in [5, 5.41) is 41.7. The van der Waals surface area contributed by atoms with E-state index in [1.54, 1.807) is 0 Å². The minimum atomic E-state index is -2.74. The second-order valence-corrected chi connectivity index (χ2v) is 3.62. The van der Waals surface area contributed by atoms with Crippen molar-refractivity contribution in [3.05, 3.63) is 0 Å². The molecule has 0 aliphatic heterocycles. The van der Waals surface area contributed by atoms with Crippen molar-refractivity contribution >= 4 is 113 Å². The van der Waals surface area contributed by atoms with Gasteiger partial charge in [-0.05, 0) is 6.42 Å². The molecular formula is C10H23Na3O11. The first kappa shape index (κ1) is 44.3. The molecule has 0 bridgehead atoms. The van der Waals surface area contributed by atoms with Crippen LogP contribution in [0.2, 0.25) is 0 Å². The Bertz CT molecular complexity index is 346. The molecule has 0 radical (unpaired) electrons. The molecule has 0 unspecified atom stereocenters. The van der Waals surface area contributed by atoms with Gasteiger partial charge in [0.15, 0.2) is 5.60 Å². The summed E-state index contributed by atoms with van der Waals surface area (Å²) in [4.78, 5) is 40.1. The van der Waals surface area contributed by atoms with Gasteiger partial charge in [-0.15, -0.1) is 0 Å². The number of aliphatic hydroxyl groups is 1. The zero-order valence-electron chi connectivity index (χ0n) is 11.2. The van der Waals surface area contributed by atoms with Gasteiger partial charge in [0.05, 0.1) is 12.8 Å². The van der Waals surface area contributed by atoms with Crippen molar-refractivity contribution in [2.45, 2.75) is 38.2 Å². The quantitative estimate of drug-likeness (QED) is 0.267. The Morgan fingerprint density at radius 2 is 1.04 bits per heavy atom. The average molecular weight is 388 g/mol. The van der Waals surface area contributed by atoms with E-state index in [9.17, 15) is 19.2 Å². The Hall–Kier alpha value is 0.760. The molecule has 0 rings (SSSR count). The van der Waals surface area contributed by atoms with Crippen LogP contribution < -0.4 is 0 Å². The normalized spacial score (nSPS) is 7.92. The van der Waals surface area contributed by atoms with Gasteiger partial charge in [0.25, 0.3) is 0 Å². The van der Waals surface area contributed by atoms with Crippen molar-refractivity contribution in [3.8, 4) is 0 Å². The van der Waals surface area contributed by atoms with Crippen LogP contribution in [-0.4, -0.2) is 155 Å². The average Bonchev–Trinajstić information content (AvgIpc) is 2.14. The number of hydrogen-bond acceptors (Lipinski definition) is 5. The van der Waals surface area contributed by atoms with Gasteiger partial charge in [-0.25, -0.2) is 4.79 Å². The van der Waals surface area contributed by atoms with Crippen LogP contribution in [0.3, 0.4) is 0 Å². The molecule has 0 saturated heterocycles. The summed E-state index contributed by atoms with van der Waals surface area (Å²) < 4.78 is 0. The Morgan fingerprint density at radius 1 is 0.750 bits per heavy atom. The number of aliphatic carboxylic acids is 4. The Kier molecular flexibility index (Phi) is 43.9. The van der Waals surface area contributed by atoms with E-state index in [2.05, 4.69) is 0 Å². The van der Waals surface area contributed by atoms with E-state index < -0.39 is 42.3 Å². The molecule has 0 spiro atoms. The van der Waals surface area contributed by atoms with E-state index in [0.29, 0.717) is 6.42 Å². The third-order valence-corrected chi connectivity index (χ3v) is 1.75. The van der Waals surface area contributed by atoms with E-state index >= 15 is 0 Å². The predicted octanol–water partition coefficient (Wildman–Crippen LogP) is -3.97. The third kappa shape index (κ3) is 27.6. The van der Waals surface area contributed by atoms with Gasteiger partial charge < -0.3 is 36.5 Å². The van der Waals surface area contributed by atoms with Gasteiger partial charge in [0, 0.05) is 6.42 Å². The summed E-state index contributed by atoms with van der Waals surface area (Å²) in [6.45, 7) is 1.84. The van der Waals surface area contributed by atoms with Crippen molar-refractivity contribution in [2.75, 3.05) is 0 Å². The van der Waals surface area contributed by atoms with Gasteiger partial charge in [0.2, 0.25) is 0 Å². The number of carbonyl (C=O) groups is 4. The molecule has 0 aliphatic carbocycles. The zero-order chi connectivity index (χ0) is 15.6. The van der Waals surface area contributed by atoms with E-state index in [1.165, 1.54) is 0 Å². The number of hydrogen-bond donors (Lipinski definition) is 5. The number of carboxylic acid groups (broad SMARTS) is 4. The van der Waals surface area contributed by atoms with Crippen molar-refractivity contribution in [2.24, 2.45) is 0 Å². The first-order chi connectivity index (χ1) is 8.55. The standard InChI is InChI=1S/C6H8O7.C4H8O2.3Na.2H2O.3H/c7-3(8)1-6(13,5(11)12)2-4(9)10;1-2-3-4(5)6;;;;;;;;/h13H,1-2H2,(H,7,8)(H,9,10)(H,11,12);2-3H2,1H3,(H,5,6);;;;2*1H2;;;. The van der Waals surface area contributed by atoms with E-state index in [-0.39, 0.29) is 99.6 Å². The van der Waals surface area contributed by atoms with Gasteiger partial charge in [-0.1, -0.05) is 6.92 Å². The number of carboxylic acids is 4. The molecule has 0 aromatic heterocycles. The zero-order valence-corrected chi connectivity index (χ0v) is 11.2. The molecule has 0 atom stereocenters. The Morgan fingerprint density at radius 3 is 1.12 bits per heavy atom. The number of rotatable bonds is 7. The fourth-order valence-corrected chi connectivity index (χ4v) is 0.928. The SMILES string of the molecule is CCCC(=O)O.O.O.O=C(O)CC(O)(CC(=O)O)C(=O)O.[NaH].[NaH].[NaH]. The summed E-state index contributed by atoms with van der Waals surface area (Å²) in [7, 11) is 0. The molecule has 0 saturated carbocycles. The maximum absolute atomic E-state index is 10.3. The van der Waals surface area contributed by atoms with Crippen molar-refractivity contribution in [1.29, 1.82) is 0 Å². The molecule has 24 heavy (non-hydrogen) atoms.